The molecule has 20 heavy (non-hydrogen) atoms. The Hall–Kier alpha value is -1.46. The molecule has 2 atom stereocenters. The smallest absolute Gasteiger partial charge is 0.131 e. The number of ether oxygens (including phenoxy) is 3. The van der Waals surface area contributed by atoms with Crippen LogP contribution in [0.2, 0.25) is 0 Å². The van der Waals surface area contributed by atoms with Crippen LogP contribution in [0.3, 0.4) is 0 Å². The SMILES string of the molecule is COc1cc(OC)c([C@H](N)[C@H](O)CC(C)C)c(OC)c1. The number of rotatable bonds is 7. The molecule has 0 aliphatic rings. The number of benzene rings is 1. The molecule has 0 aromatic heterocycles. The maximum absolute atomic E-state index is 10.2. The predicted octanol–water partition coefficient (Wildman–Crippen LogP) is 2.12. The van der Waals surface area contributed by atoms with Crippen LogP contribution in [0.25, 0.3) is 0 Å². The van der Waals surface area contributed by atoms with E-state index in [2.05, 4.69) is 0 Å². The lowest BCUT2D eigenvalue weighted by Gasteiger charge is -2.24. The van der Waals surface area contributed by atoms with Gasteiger partial charge < -0.3 is 25.1 Å². The minimum absolute atomic E-state index is 0.353. The van der Waals surface area contributed by atoms with Gasteiger partial charge >= 0.3 is 0 Å². The molecule has 0 bridgehead atoms. The first kappa shape index (κ1) is 16.6. The molecule has 0 unspecified atom stereocenters. The molecule has 0 radical (unpaired) electrons. The fraction of sp³-hybridized carbons (Fsp3) is 0.600. The second kappa shape index (κ2) is 7.36. The van der Waals surface area contributed by atoms with Crippen LogP contribution in [0.15, 0.2) is 12.1 Å². The summed E-state index contributed by atoms with van der Waals surface area (Å²) in [5.41, 5.74) is 6.84. The molecule has 0 heterocycles. The number of hydrogen-bond acceptors (Lipinski definition) is 5. The van der Waals surface area contributed by atoms with Crippen LogP contribution in [0.5, 0.6) is 17.2 Å². The second-order valence-electron chi connectivity index (χ2n) is 5.17. The highest BCUT2D eigenvalue weighted by molar-refractivity contribution is 5.52. The van der Waals surface area contributed by atoms with Crippen LogP contribution in [-0.4, -0.2) is 32.5 Å². The van der Waals surface area contributed by atoms with E-state index in [1.807, 2.05) is 13.8 Å². The largest absolute Gasteiger partial charge is 0.496 e. The van der Waals surface area contributed by atoms with Gasteiger partial charge in [0.1, 0.15) is 17.2 Å². The van der Waals surface area contributed by atoms with Crippen molar-refractivity contribution in [2.45, 2.75) is 32.4 Å². The van der Waals surface area contributed by atoms with E-state index >= 15 is 0 Å². The van der Waals surface area contributed by atoms with E-state index in [-0.39, 0.29) is 0 Å². The Balaban J connectivity index is 3.20. The van der Waals surface area contributed by atoms with Crippen molar-refractivity contribution in [2.24, 2.45) is 11.7 Å². The third-order valence-electron chi connectivity index (χ3n) is 3.21. The minimum Gasteiger partial charge on any atom is -0.496 e. The topological polar surface area (TPSA) is 73.9 Å². The standard InChI is InChI=1S/C15H25NO4/c1-9(2)6-11(17)15(16)14-12(19-4)7-10(18-3)8-13(14)20-5/h7-9,11,15,17H,6,16H2,1-5H3/t11-,15-/m1/s1. The zero-order chi connectivity index (χ0) is 15.3. The van der Waals surface area contributed by atoms with Crippen molar-refractivity contribution in [3.05, 3.63) is 17.7 Å². The number of hydrogen-bond donors (Lipinski definition) is 2. The van der Waals surface area contributed by atoms with E-state index in [4.69, 9.17) is 19.9 Å². The molecule has 0 aliphatic heterocycles. The van der Waals surface area contributed by atoms with E-state index < -0.39 is 12.1 Å². The second-order valence-corrected chi connectivity index (χ2v) is 5.17. The van der Waals surface area contributed by atoms with Crippen molar-refractivity contribution in [2.75, 3.05) is 21.3 Å². The van der Waals surface area contributed by atoms with Crippen LogP contribution in [0.4, 0.5) is 0 Å². The Morgan fingerprint density at radius 1 is 1.05 bits per heavy atom. The van der Waals surface area contributed by atoms with E-state index in [1.165, 1.54) is 0 Å². The molecular weight excluding hydrogens is 258 g/mol. The van der Waals surface area contributed by atoms with Crippen molar-refractivity contribution in [3.63, 3.8) is 0 Å². The summed E-state index contributed by atoms with van der Waals surface area (Å²) in [4.78, 5) is 0. The Labute approximate surface area is 120 Å². The van der Waals surface area contributed by atoms with Gasteiger partial charge in [-0.25, -0.2) is 0 Å². The number of methoxy groups -OCH3 is 3. The molecule has 3 N–H and O–H groups in total. The van der Waals surface area contributed by atoms with Crippen molar-refractivity contribution in [1.82, 2.24) is 0 Å². The van der Waals surface area contributed by atoms with Gasteiger partial charge in [-0.3, -0.25) is 0 Å². The molecule has 0 amide bonds. The highest BCUT2D eigenvalue weighted by atomic mass is 16.5. The lowest BCUT2D eigenvalue weighted by Crippen LogP contribution is -2.28. The van der Waals surface area contributed by atoms with Crippen LogP contribution in [-0.2, 0) is 0 Å². The monoisotopic (exact) mass is 283 g/mol. The molecule has 1 rings (SSSR count). The highest BCUT2D eigenvalue weighted by Crippen LogP contribution is 2.39. The van der Waals surface area contributed by atoms with E-state index in [1.54, 1.807) is 33.5 Å². The summed E-state index contributed by atoms with van der Waals surface area (Å²) in [6, 6.07) is 2.90. The van der Waals surface area contributed by atoms with Crippen LogP contribution in [0.1, 0.15) is 31.9 Å². The van der Waals surface area contributed by atoms with Crippen molar-refractivity contribution < 1.29 is 19.3 Å². The summed E-state index contributed by atoms with van der Waals surface area (Å²) in [6.45, 7) is 4.08. The van der Waals surface area contributed by atoms with Crippen molar-refractivity contribution in [3.8, 4) is 17.2 Å². The van der Waals surface area contributed by atoms with Crippen molar-refractivity contribution in [1.29, 1.82) is 0 Å². The molecule has 114 valence electrons. The number of aliphatic hydroxyl groups excluding tert-OH is 1. The Bertz CT molecular complexity index is 409. The molecule has 5 nitrogen and oxygen atoms in total. The highest BCUT2D eigenvalue weighted by Gasteiger charge is 2.25. The van der Waals surface area contributed by atoms with E-state index in [0.717, 1.165) is 0 Å². The Morgan fingerprint density at radius 2 is 1.55 bits per heavy atom. The quantitative estimate of drug-likeness (QED) is 0.802. The van der Waals surface area contributed by atoms with Gasteiger partial charge in [-0.1, -0.05) is 13.8 Å². The summed E-state index contributed by atoms with van der Waals surface area (Å²) >= 11 is 0. The van der Waals surface area contributed by atoms with Gasteiger partial charge in [-0.2, -0.15) is 0 Å². The van der Waals surface area contributed by atoms with Gasteiger partial charge in [0, 0.05) is 12.1 Å². The maximum Gasteiger partial charge on any atom is 0.131 e. The predicted molar refractivity (Wildman–Crippen MR) is 78.5 cm³/mol. The molecule has 0 aliphatic carbocycles. The van der Waals surface area contributed by atoms with Crippen LogP contribution >= 0.6 is 0 Å². The van der Waals surface area contributed by atoms with Gasteiger partial charge in [0.05, 0.1) is 39.0 Å². The molecular formula is C15H25NO4. The first-order valence-corrected chi connectivity index (χ1v) is 6.68. The lowest BCUT2D eigenvalue weighted by molar-refractivity contribution is 0.118. The molecule has 0 saturated carbocycles. The van der Waals surface area contributed by atoms with Gasteiger partial charge in [0.2, 0.25) is 0 Å². The number of nitrogens with two attached hydrogens (primary N) is 1. The molecule has 1 aromatic rings. The normalized spacial score (nSPS) is 14.0. The van der Waals surface area contributed by atoms with E-state index in [9.17, 15) is 5.11 Å². The lowest BCUT2D eigenvalue weighted by atomic mass is 9.94. The third kappa shape index (κ3) is 3.77. The summed E-state index contributed by atoms with van der Waals surface area (Å²) in [6.07, 6.45) is -0.0503. The molecule has 0 spiro atoms. The van der Waals surface area contributed by atoms with Crippen LogP contribution < -0.4 is 19.9 Å². The molecule has 0 saturated heterocycles. The van der Waals surface area contributed by atoms with Gasteiger partial charge in [0.15, 0.2) is 0 Å². The van der Waals surface area contributed by atoms with Crippen LogP contribution in [0, 0.1) is 5.92 Å². The fourth-order valence-electron chi connectivity index (χ4n) is 2.18. The molecule has 0 fully saturated rings. The first-order chi connectivity index (χ1) is 9.44. The van der Waals surface area contributed by atoms with E-state index in [0.29, 0.717) is 35.2 Å². The zero-order valence-electron chi connectivity index (χ0n) is 12.8. The van der Waals surface area contributed by atoms with Crippen molar-refractivity contribution >= 4 is 0 Å². The third-order valence-corrected chi connectivity index (χ3v) is 3.21. The van der Waals surface area contributed by atoms with Gasteiger partial charge in [-0.15, -0.1) is 0 Å². The van der Waals surface area contributed by atoms with Gasteiger partial charge in [-0.05, 0) is 12.3 Å². The van der Waals surface area contributed by atoms with Gasteiger partial charge in [0.25, 0.3) is 0 Å². The summed E-state index contributed by atoms with van der Waals surface area (Å²) in [5.74, 6) is 2.08. The summed E-state index contributed by atoms with van der Waals surface area (Å²) in [5, 5.41) is 10.2. The fourth-order valence-corrected chi connectivity index (χ4v) is 2.18. The average molecular weight is 283 g/mol. The first-order valence-electron chi connectivity index (χ1n) is 6.68. The minimum atomic E-state index is -0.661. The molecule has 1 aromatic carbocycles. The summed E-state index contributed by atoms with van der Waals surface area (Å²) in [7, 11) is 4.68. The molecule has 5 heteroatoms. The number of aliphatic hydroxyl groups is 1. The Morgan fingerprint density at radius 3 is 1.90 bits per heavy atom. The summed E-state index contributed by atoms with van der Waals surface area (Å²) < 4.78 is 15.9. The Kier molecular flexibility index (Phi) is 6.10. The average Bonchev–Trinajstić information content (AvgIpc) is 2.43. The zero-order valence-corrected chi connectivity index (χ0v) is 12.8. The maximum atomic E-state index is 10.2.